The smallest absolute Gasteiger partial charge is 0.481 e. The zero-order valence-corrected chi connectivity index (χ0v) is 11.0. The minimum Gasteiger partial charge on any atom is -0.481 e. The van der Waals surface area contributed by atoms with Crippen LogP contribution in [0.5, 0.6) is 0 Å². The fraction of sp³-hybridized carbons (Fsp3) is 0.917. The zero-order chi connectivity index (χ0) is 14.5. The van der Waals surface area contributed by atoms with Crippen molar-refractivity contribution in [2.45, 2.75) is 39.0 Å². The monoisotopic (exact) mass is 283 g/mol. The second kappa shape index (κ2) is 6.56. The first-order chi connectivity index (χ1) is 8.79. The fourth-order valence-corrected chi connectivity index (χ4v) is 2.67. The van der Waals surface area contributed by atoms with E-state index in [1.54, 1.807) is 4.90 Å². The predicted octanol–water partition coefficient (Wildman–Crippen LogP) is 2.49. The van der Waals surface area contributed by atoms with Crippen molar-refractivity contribution in [2.75, 3.05) is 26.2 Å². The van der Waals surface area contributed by atoms with Crippen LogP contribution < -0.4 is 0 Å². The number of nitrogens with zero attached hydrogens (tertiary/aromatic N) is 1. The van der Waals surface area contributed by atoms with Crippen LogP contribution in [0.4, 0.5) is 13.2 Å². The molecule has 112 valence electrons. The lowest BCUT2D eigenvalue weighted by atomic mass is 9.76. The molecule has 1 aliphatic heterocycles. The van der Waals surface area contributed by atoms with Crippen LogP contribution in [0.3, 0.4) is 0 Å². The van der Waals surface area contributed by atoms with Crippen molar-refractivity contribution in [3.05, 3.63) is 0 Å². The van der Waals surface area contributed by atoms with E-state index in [1.807, 2.05) is 6.92 Å². The summed E-state index contributed by atoms with van der Waals surface area (Å²) in [7, 11) is 0. The fourth-order valence-electron chi connectivity index (χ4n) is 2.67. The summed E-state index contributed by atoms with van der Waals surface area (Å²) in [6, 6.07) is 0. The van der Waals surface area contributed by atoms with Crippen molar-refractivity contribution in [2.24, 2.45) is 5.41 Å². The molecule has 1 atom stereocenters. The van der Waals surface area contributed by atoms with E-state index >= 15 is 0 Å². The van der Waals surface area contributed by atoms with Gasteiger partial charge in [-0.3, -0.25) is 14.4 Å². The number of aliphatic carboxylic acids is 1. The van der Waals surface area contributed by atoms with E-state index in [9.17, 15) is 23.1 Å². The molecule has 1 unspecified atom stereocenters. The molecule has 1 fully saturated rings. The molecule has 0 radical (unpaired) electrons. The quantitative estimate of drug-likeness (QED) is 0.813. The van der Waals surface area contributed by atoms with Gasteiger partial charge in [-0.2, -0.15) is 0 Å². The normalized spacial score (nSPS) is 25.5. The van der Waals surface area contributed by atoms with Crippen LogP contribution in [-0.2, 0) is 9.53 Å². The first-order valence-corrected chi connectivity index (χ1v) is 6.45. The van der Waals surface area contributed by atoms with Gasteiger partial charge < -0.3 is 5.11 Å². The van der Waals surface area contributed by atoms with Gasteiger partial charge in [-0.1, -0.05) is 13.3 Å². The number of piperidine rings is 1. The van der Waals surface area contributed by atoms with Crippen LogP contribution in [0.25, 0.3) is 0 Å². The minimum atomic E-state index is -4.62. The molecule has 1 rings (SSSR count). The SMILES string of the molecule is CCCC1(C(=O)O)CCCN(CCOC(F)(F)F)C1. The highest BCUT2D eigenvalue weighted by Gasteiger charge is 2.41. The van der Waals surface area contributed by atoms with Crippen molar-refractivity contribution in [3.8, 4) is 0 Å². The minimum absolute atomic E-state index is 0.109. The lowest BCUT2D eigenvalue weighted by Crippen LogP contribution is -2.48. The number of likely N-dealkylation sites (tertiary alicyclic amines) is 1. The van der Waals surface area contributed by atoms with Crippen LogP contribution >= 0.6 is 0 Å². The maximum absolute atomic E-state index is 11.9. The highest BCUT2D eigenvalue weighted by atomic mass is 19.4. The Kier molecular flexibility index (Phi) is 5.61. The average Bonchev–Trinajstić information content (AvgIpc) is 2.28. The Morgan fingerprint density at radius 3 is 2.68 bits per heavy atom. The van der Waals surface area contributed by atoms with E-state index in [4.69, 9.17) is 0 Å². The highest BCUT2D eigenvalue weighted by molar-refractivity contribution is 5.75. The number of rotatable bonds is 6. The van der Waals surface area contributed by atoms with Crippen LogP contribution in [-0.4, -0.2) is 48.6 Å². The maximum atomic E-state index is 11.9. The number of carbonyl (C=O) groups is 1. The van der Waals surface area contributed by atoms with Crippen molar-refractivity contribution < 1.29 is 27.8 Å². The largest absolute Gasteiger partial charge is 0.522 e. The predicted molar refractivity (Wildman–Crippen MR) is 62.7 cm³/mol. The molecular formula is C12H20F3NO3. The Labute approximate surface area is 110 Å². The summed E-state index contributed by atoms with van der Waals surface area (Å²) in [5.41, 5.74) is -0.814. The Morgan fingerprint density at radius 1 is 1.47 bits per heavy atom. The van der Waals surface area contributed by atoms with E-state index in [0.717, 1.165) is 6.42 Å². The Hall–Kier alpha value is -0.820. The third-order valence-corrected chi connectivity index (χ3v) is 3.51. The van der Waals surface area contributed by atoms with Gasteiger partial charge >= 0.3 is 12.3 Å². The van der Waals surface area contributed by atoms with Gasteiger partial charge in [-0.25, -0.2) is 0 Å². The van der Waals surface area contributed by atoms with Gasteiger partial charge in [0.1, 0.15) is 0 Å². The van der Waals surface area contributed by atoms with E-state index < -0.39 is 24.4 Å². The van der Waals surface area contributed by atoms with Crippen LogP contribution in [0.2, 0.25) is 0 Å². The Balaban J connectivity index is 2.51. The van der Waals surface area contributed by atoms with Crippen LogP contribution in [0.1, 0.15) is 32.6 Å². The lowest BCUT2D eigenvalue weighted by molar-refractivity contribution is -0.325. The third kappa shape index (κ3) is 4.99. The summed E-state index contributed by atoms with van der Waals surface area (Å²) in [6.45, 7) is 2.50. The molecule has 4 nitrogen and oxygen atoms in total. The van der Waals surface area contributed by atoms with E-state index in [-0.39, 0.29) is 6.54 Å². The number of hydrogen-bond donors (Lipinski definition) is 1. The second-order valence-corrected chi connectivity index (χ2v) is 5.01. The number of ether oxygens (including phenoxy) is 1. The van der Waals surface area contributed by atoms with Crippen LogP contribution in [0.15, 0.2) is 0 Å². The van der Waals surface area contributed by atoms with Crippen LogP contribution in [0, 0.1) is 5.41 Å². The Morgan fingerprint density at radius 2 is 2.16 bits per heavy atom. The molecule has 0 aromatic rings. The summed E-state index contributed by atoms with van der Waals surface area (Å²) in [4.78, 5) is 13.2. The lowest BCUT2D eigenvalue weighted by Gasteiger charge is -2.39. The van der Waals surface area contributed by atoms with Crippen molar-refractivity contribution in [3.63, 3.8) is 0 Å². The molecule has 19 heavy (non-hydrogen) atoms. The van der Waals surface area contributed by atoms with Crippen molar-refractivity contribution >= 4 is 5.97 Å². The zero-order valence-electron chi connectivity index (χ0n) is 11.0. The van der Waals surface area contributed by atoms with Gasteiger partial charge in [0.25, 0.3) is 0 Å². The highest BCUT2D eigenvalue weighted by Crippen LogP contribution is 2.35. The van der Waals surface area contributed by atoms with Crippen molar-refractivity contribution in [1.29, 1.82) is 0 Å². The molecule has 0 saturated carbocycles. The Bertz CT molecular complexity index is 305. The third-order valence-electron chi connectivity index (χ3n) is 3.51. The summed E-state index contributed by atoms with van der Waals surface area (Å²) in [6.07, 6.45) is -2.04. The molecule has 0 amide bonds. The van der Waals surface area contributed by atoms with Gasteiger partial charge in [0.05, 0.1) is 12.0 Å². The molecule has 1 N–H and O–H groups in total. The van der Waals surface area contributed by atoms with Crippen molar-refractivity contribution in [1.82, 2.24) is 4.90 Å². The molecule has 0 aliphatic carbocycles. The van der Waals surface area contributed by atoms with Gasteiger partial charge in [0, 0.05) is 13.1 Å². The number of halogens is 3. The number of hydrogen-bond acceptors (Lipinski definition) is 3. The van der Waals surface area contributed by atoms with Gasteiger partial charge in [0.15, 0.2) is 0 Å². The standard InChI is InChI=1S/C12H20F3NO3/c1-2-4-11(10(17)18)5-3-6-16(9-11)7-8-19-12(13,14)15/h2-9H2,1H3,(H,17,18). The number of carboxylic acids is 1. The summed E-state index contributed by atoms with van der Waals surface area (Å²) in [5.74, 6) is -0.851. The summed E-state index contributed by atoms with van der Waals surface area (Å²) >= 11 is 0. The van der Waals surface area contributed by atoms with Gasteiger partial charge in [0.2, 0.25) is 0 Å². The van der Waals surface area contributed by atoms with E-state index in [1.165, 1.54) is 0 Å². The van der Waals surface area contributed by atoms with E-state index in [0.29, 0.717) is 32.4 Å². The molecule has 1 aliphatic rings. The average molecular weight is 283 g/mol. The summed E-state index contributed by atoms with van der Waals surface area (Å²) in [5, 5.41) is 9.35. The molecule has 1 heterocycles. The number of alkyl halides is 3. The summed E-state index contributed by atoms with van der Waals surface area (Å²) < 4.78 is 39.4. The molecule has 0 aromatic heterocycles. The first-order valence-electron chi connectivity index (χ1n) is 6.45. The van der Waals surface area contributed by atoms with E-state index in [2.05, 4.69) is 4.74 Å². The number of carboxylic acid groups (broad SMARTS) is 1. The molecular weight excluding hydrogens is 263 g/mol. The maximum Gasteiger partial charge on any atom is 0.522 e. The first kappa shape index (κ1) is 16.2. The molecule has 1 saturated heterocycles. The molecule has 0 aromatic carbocycles. The molecule has 0 bridgehead atoms. The van der Waals surface area contributed by atoms with Gasteiger partial charge in [-0.05, 0) is 25.8 Å². The molecule has 0 spiro atoms. The second-order valence-electron chi connectivity index (χ2n) is 5.01. The van der Waals surface area contributed by atoms with Gasteiger partial charge in [-0.15, -0.1) is 13.2 Å². The molecule has 7 heteroatoms. The topological polar surface area (TPSA) is 49.8 Å².